The van der Waals surface area contributed by atoms with Crippen LogP contribution in [0.25, 0.3) is 43.1 Å². The number of nitrogens with zero attached hydrogens (tertiary/aromatic N) is 8. The summed E-state index contributed by atoms with van der Waals surface area (Å²) in [6.07, 6.45) is -175. The van der Waals surface area contributed by atoms with E-state index in [1.807, 2.05) is 0 Å². The lowest BCUT2D eigenvalue weighted by Gasteiger charge is -2.48. The smallest absolute Gasteiger partial charge is 0.262 e. The third-order valence-corrected chi connectivity index (χ3v) is 18.7. The number of alkyl halides is 56. The van der Waals surface area contributed by atoms with Gasteiger partial charge in [-0.3, -0.25) is 37.9 Å². The molecule has 8 bridgehead atoms. The maximum atomic E-state index is 18.8. The number of benzene rings is 4. The van der Waals surface area contributed by atoms with Gasteiger partial charge >= 0.3 is 145 Å². The van der Waals surface area contributed by atoms with Gasteiger partial charge in [0.2, 0.25) is 0 Å². The third-order valence-electron chi connectivity index (χ3n) is 18.7. The minimum atomic E-state index is -11.6. The lowest BCUT2D eigenvalue weighted by Crippen LogP contribution is -2.68. The van der Waals surface area contributed by atoms with Crippen LogP contribution in [0, 0.1) is 93.1 Å². The summed E-state index contributed by atoms with van der Waals surface area (Å²) in [4.78, 5) is -26.2. The van der Waals surface area contributed by atoms with Crippen molar-refractivity contribution in [2.45, 2.75) is 145 Å². The van der Waals surface area contributed by atoms with E-state index in [9.17, 15) is 0 Å². The summed E-state index contributed by atoms with van der Waals surface area (Å²) in [5, 5.41) is -55.0. The minimum absolute atomic E-state index is 5.91. The monoisotopic (exact) mass is 2150 g/mol. The normalized spacial score (nSPS) is 15.9. The summed E-state index contributed by atoms with van der Waals surface area (Å²) in [5.41, 5.74) is 0. The number of halogens is 72. The topological polar surface area (TPSA) is 32.7 Å². The van der Waals surface area contributed by atoms with E-state index < -0.39 is 366 Å². The molecule has 136 heavy (non-hydrogen) atoms. The maximum absolute atomic E-state index is 18.8. The van der Waals surface area contributed by atoms with E-state index >= 15 is 316 Å². The minimum Gasteiger partial charge on any atom is -0.262 e. The lowest BCUT2D eigenvalue weighted by atomic mass is 10.0. The van der Waals surface area contributed by atoms with Gasteiger partial charge in [0, 0.05) is 0 Å². The molecule has 0 aliphatic carbocycles. The fourth-order valence-electron chi connectivity index (χ4n) is 13.2. The van der Waals surface area contributed by atoms with E-state index in [4.69, 9.17) is 0 Å². The van der Waals surface area contributed by atoms with Crippen LogP contribution in [-0.4, -0.2) is 140 Å². The predicted octanol–water partition coefficient (Wildman–Crippen LogP) is 28.7. The van der Waals surface area contributed by atoms with E-state index in [0.29, 0.717) is 0 Å². The Balaban J connectivity index is 2.34. The van der Waals surface area contributed by atoms with Gasteiger partial charge in [-0.1, -0.05) is 0 Å². The van der Waals surface area contributed by atoms with Crippen molar-refractivity contribution in [3.05, 3.63) is 93.1 Å². The van der Waals surface area contributed by atoms with E-state index in [1.54, 1.807) is 0 Å². The molecule has 5 heterocycles. The van der Waals surface area contributed by atoms with Gasteiger partial charge in [-0.2, -0.15) is 246 Å². The van der Waals surface area contributed by atoms with E-state index in [2.05, 4.69) is 0 Å². The van der Waals surface area contributed by atoms with Gasteiger partial charge in [-0.25, -0.2) is 70.2 Å². The van der Waals surface area contributed by atoms with Crippen LogP contribution in [0.1, 0.15) is 0 Å². The van der Waals surface area contributed by atoms with Gasteiger partial charge in [0.1, 0.15) is 46.5 Å². The van der Waals surface area contributed by atoms with Crippen LogP contribution >= 0.6 is 0 Å². The van der Waals surface area contributed by atoms with Crippen LogP contribution in [0.15, 0.2) is 0 Å². The van der Waals surface area contributed by atoms with Crippen LogP contribution in [0.4, 0.5) is 363 Å². The Morgan fingerprint density at radius 2 is 0.162 bits per heavy atom. The first-order valence-electron chi connectivity index (χ1n) is 31.0. The molecule has 80 heteroatoms. The van der Waals surface area contributed by atoms with Crippen LogP contribution in [0.3, 0.4) is 0 Å². The van der Waals surface area contributed by atoms with Gasteiger partial charge in [-0.05, 0) is 0 Å². The fourth-order valence-corrected chi connectivity index (χ4v) is 13.2. The Kier molecular flexibility index (Phi) is 23.5. The van der Waals surface area contributed by atoms with Crippen LogP contribution in [-0.2, 0) is 23.2 Å². The van der Waals surface area contributed by atoms with Gasteiger partial charge in [0.15, 0.2) is 93.1 Å². The summed E-state index contributed by atoms with van der Waals surface area (Å²) in [7, 11) is 0. The Bertz CT molecular complexity index is 5120. The van der Waals surface area contributed by atoms with Gasteiger partial charge in [-0.15, -0.1) is 0 Å². The number of hydrogen-bond donors (Lipinski definition) is 0. The molecule has 1 aliphatic heterocycles. The molecule has 9 rings (SSSR count). The largest absolute Gasteiger partial charge is 0.452 e. The van der Waals surface area contributed by atoms with Crippen molar-refractivity contribution in [1.29, 1.82) is 0 Å². The van der Waals surface area contributed by atoms with Crippen molar-refractivity contribution >= 4 is 89.6 Å². The molecule has 0 fully saturated rings. The van der Waals surface area contributed by atoms with Crippen molar-refractivity contribution in [1.82, 2.24) is 18.3 Å². The van der Waals surface area contributed by atoms with Crippen LogP contribution < -0.4 is 19.6 Å². The average Bonchev–Trinajstić information content (AvgIpc) is 1.47. The first kappa shape index (κ1) is 109. The lowest BCUT2D eigenvalue weighted by molar-refractivity contribution is -0.378. The zero-order valence-corrected chi connectivity index (χ0v) is 58.8. The van der Waals surface area contributed by atoms with Crippen LogP contribution in [0.2, 0.25) is 0 Å². The Morgan fingerprint density at radius 1 is 0.0956 bits per heavy atom. The molecule has 0 spiro atoms. The molecule has 0 N–H and O–H groups in total. The molecule has 8 nitrogen and oxygen atoms in total. The first-order valence-corrected chi connectivity index (χ1v) is 31.0. The predicted molar refractivity (Wildman–Crippen MR) is 284 cm³/mol. The quantitative estimate of drug-likeness (QED) is 0.0657. The summed E-state index contributed by atoms with van der Waals surface area (Å²) >= 11 is 0. The average molecular weight is 2150 g/mol. The van der Waals surface area contributed by atoms with Gasteiger partial charge in [0.25, 0.3) is 0 Å². The Hall–Kier alpha value is -10.8. The fraction of sp³-hybridized carbons (Fsp3) is 0.429. The molecule has 4 aromatic heterocycles. The SMILES string of the molecule is Fc1c(F)c(F)c2c3n(C(F)(C(F)(F)F)C(F)(F)F)c(c2c1F)N(C(F)(C(F)(F)F)C(F)(F)F)c1c2c(F)c(F)c(F)c(F)c2c(n1C(F)(C(F)(F)F)C(F)(F)F)N(C(F)(C(F)(F)F)C(F)(F)F)c1c2c(F)c(F)c(F)c(F)c2c(n1C(F)(C(F)(F)F)C(F)(F)F)N(C(F)(C(F)(F)F)C(F)(F)F)c1c2c(F)c(F)c(F)c(F)c2c(n1C(F)(C(F)(F)F)C(F)(F)F)N3C(F)(C(F)(F)F)C(F)(F)F. The Labute approximate surface area is 682 Å². The molecule has 0 saturated carbocycles. The number of aromatic nitrogens is 4. The Morgan fingerprint density at radius 3 is 0.221 bits per heavy atom. The second kappa shape index (κ2) is 29.4. The molecule has 0 unspecified atom stereocenters. The summed E-state index contributed by atoms with van der Waals surface area (Å²) in [5.74, 6) is -256. The zero-order chi connectivity index (χ0) is 107. The van der Waals surface area contributed by atoms with Gasteiger partial charge < -0.3 is 0 Å². The molecular weight excluding hydrogens is 2150 g/mol. The van der Waals surface area contributed by atoms with Gasteiger partial charge in [0.05, 0.1) is 43.1 Å². The molecule has 1 aliphatic rings. The van der Waals surface area contributed by atoms with E-state index in [-0.39, 0.29) is 0 Å². The second-order valence-corrected chi connectivity index (χ2v) is 26.2. The molecule has 768 valence electrons. The van der Waals surface area contributed by atoms with Crippen molar-refractivity contribution < 1.29 is 316 Å². The van der Waals surface area contributed by atoms with Crippen molar-refractivity contribution in [2.24, 2.45) is 0 Å². The molecular formula is C56F72N8. The summed E-state index contributed by atoms with van der Waals surface area (Å²) < 4.78 is 1190. The molecule has 4 aromatic carbocycles. The number of anilines is 8. The van der Waals surface area contributed by atoms with Crippen molar-refractivity contribution in [2.75, 3.05) is 19.6 Å². The van der Waals surface area contributed by atoms with Crippen molar-refractivity contribution in [3.8, 4) is 0 Å². The molecule has 0 amide bonds. The number of fused-ring (bicyclic) bond motifs is 20. The summed E-state index contributed by atoms with van der Waals surface area (Å²) in [6, 6.07) is 0. The second-order valence-electron chi connectivity index (χ2n) is 26.2. The van der Waals surface area contributed by atoms with E-state index in [1.165, 1.54) is 0 Å². The number of hydrogen-bond acceptors (Lipinski definition) is 4. The highest BCUT2D eigenvalue weighted by molar-refractivity contribution is 6.16. The molecule has 0 radical (unpaired) electrons. The van der Waals surface area contributed by atoms with Crippen molar-refractivity contribution in [3.63, 3.8) is 0 Å². The standard InChI is InChI=1S/C56F72N8/c57-9-1-2(10(58)18(66)17(9)65)26-129(33(73,41(81,82)83)42(84,85)86)25(1)133(37(77,49(105,106)107)50(108,109)110)27-3-4(12(60)20(68)19(67)11(3)59)29(130(27)34(74,43(87,88)89)44(90,91)92)135(39(79,53(117,118)119)54(120,121)122)31-7-8(16(64)24(72)23(71)15(7)63)32(132(31)36(76,47(99,100)101)48(102,103)104)136(40(80,55(123,124)125)56(126,127)128)30-6-5(13(61)21(69)22(70)14(6)62)28(131(30)35(75,45(93,94)95)46(96,97)98)134(26)38(78,51(111,112)113)52(114,115)116. The first-order chi connectivity index (χ1) is 59.5. The highest BCUT2D eigenvalue weighted by atomic mass is 19.5. The third kappa shape index (κ3) is 13.2. The maximum Gasteiger partial charge on any atom is 0.452 e. The molecule has 0 saturated heterocycles. The molecule has 0 atom stereocenters. The summed E-state index contributed by atoms with van der Waals surface area (Å²) in [6.45, 7) is 0. The highest BCUT2D eigenvalue weighted by Crippen LogP contribution is 2.75. The zero-order valence-electron chi connectivity index (χ0n) is 58.8. The van der Waals surface area contributed by atoms with Crippen LogP contribution in [0.5, 0.6) is 0 Å². The molecule has 8 aromatic rings. The highest BCUT2D eigenvalue weighted by Gasteiger charge is 2.90. The van der Waals surface area contributed by atoms with E-state index in [0.717, 1.165) is 0 Å². The number of rotatable bonds is 8.